The molecule has 0 radical (unpaired) electrons. The van der Waals surface area contributed by atoms with E-state index >= 15 is 0 Å². The molecule has 0 aliphatic heterocycles. The largest absolute Gasteiger partial charge is 0.451 e. The van der Waals surface area contributed by atoms with Crippen LogP contribution in [0.15, 0.2) is 59.0 Å². The highest BCUT2D eigenvalue weighted by molar-refractivity contribution is 7.80. The normalized spacial score (nSPS) is 10.4. The van der Waals surface area contributed by atoms with Gasteiger partial charge in [-0.15, -0.1) is 0 Å². The molecule has 1 aromatic heterocycles. The molecule has 2 aromatic carbocycles. The van der Waals surface area contributed by atoms with Crippen LogP contribution in [-0.2, 0) is 4.79 Å². The molecule has 0 atom stereocenters. The molecule has 2 amide bonds. The van der Waals surface area contributed by atoms with Crippen molar-refractivity contribution in [1.82, 2.24) is 5.32 Å². The second kappa shape index (κ2) is 10.4. The van der Waals surface area contributed by atoms with Crippen LogP contribution < -0.4 is 16.0 Å². The Bertz CT molecular complexity index is 1110. The Labute approximate surface area is 194 Å². The first-order chi connectivity index (χ1) is 14.9. The number of halogens is 2. The lowest BCUT2D eigenvalue weighted by molar-refractivity contribution is -0.116. The van der Waals surface area contributed by atoms with E-state index in [0.29, 0.717) is 39.2 Å². The average Bonchev–Trinajstić information content (AvgIpc) is 3.22. The van der Waals surface area contributed by atoms with Crippen LogP contribution in [0.3, 0.4) is 0 Å². The van der Waals surface area contributed by atoms with Crippen molar-refractivity contribution >= 4 is 63.7 Å². The van der Waals surface area contributed by atoms with Crippen molar-refractivity contribution in [2.75, 3.05) is 10.6 Å². The molecule has 3 rings (SSSR count). The van der Waals surface area contributed by atoms with Gasteiger partial charge in [0.2, 0.25) is 5.91 Å². The zero-order valence-corrected chi connectivity index (χ0v) is 18.8. The molecule has 9 heteroatoms. The van der Waals surface area contributed by atoms with E-state index in [1.165, 1.54) is 6.07 Å². The van der Waals surface area contributed by atoms with E-state index in [2.05, 4.69) is 16.0 Å². The van der Waals surface area contributed by atoms with Crippen molar-refractivity contribution in [3.05, 3.63) is 70.4 Å². The minimum absolute atomic E-state index is 0.0390. The Morgan fingerprint density at radius 1 is 0.968 bits per heavy atom. The fourth-order valence-corrected chi connectivity index (χ4v) is 3.32. The van der Waals surface area contributed by atoms with Crippen LogP contribution in [0.2, 0.25) is 10.0 Å². The summed E-state index contributed by atoms with van der Waals surface area (Å²) in [5.74, 6) is -0.0605. The molecule has 0 spiro atoms. The van der Waals surface area contributed by atoms with Gasteiger partial charge in [-0.2, -0.15) is 0 Å². The number of benzene rings is 2. The minimum Gasteiger partial charge on any atom is -0.451 e. The third-order valence-corrected chi connectivity index (χ3v) is 5.20. The number of furan rings is 1. The lowest BCUT2D eigenvalue weighted by Gasteiger charge is -2.10. The zero-order chi connectivity index (χ0) is 22.4. The lowest BCUT2D eigenvalue weighted by Crippen LogP contribution is -2.33. The molecule has 0 unspecified atom stereocenters. The van der Waals surface area contributed by atoms with Crippen molar-refractivity contribution in [3.8, 4) is 11.3 Å². The first-order valence-electron chi connectivity index (χ1n) is 9.44. The van der Waals surface area contributed by atoms with Gasteiger partial charge >= 0.3 is 0 Å². The summed E-state index contributed by atoms with van der Waals surface area (Å²) in [6.45, 7) is 1.94. The lowest BCUT2D eigenvalue weighted by atomic mass is 10.2. The number of anilines is 2. The quantitative estimate of drug-likeness (QED) is 0.374. The Morgan fingerprint density at radius 3 is 2.32 bits per heavy atom. The van der Waals surface area contributed by atoms with Gasteiger partial charge in [0.25, 0.3) is 5.91 Å². The number of nitrogens with one attached hydrogen (secondary N) is 3. The molecule has 31 heavy (non-hydrogen) atoms. The van der Waals surface area contributed by atoms with Gasteiger partial charge in [0.05, 0.1) is 10.0 Å². The number of hydrogen-bond acceptors (Lipinski definition) is 4. The Hall–Kier alpha value is -2.87. The molecular weight excluding hydrogens is 457 g/mol. The number of carbonyl (C=O) groups is 2. The summed E-state index contributed by atoms with van der Waals surface area (Å²) in [6, 6.07) is 15.3. The van der Waals surface area contributed by atoms with Crippen molar-refractivity contribution in [1.29, 1.82) is 0 Å². The number of rotatable bonds is 6. The van der Waals surface area contributed by atoms with E-state index in [9.17, 15) is 9.59 Å². The number of hydrogen-bond donors (Lipinski definition) is 3. The van der Waals surface area contributed by atoms with Crippen molar-refractivity contribution < 1.29 is 14.0 Å². The third kappa shape index (κ3) is 6.07. The highest BCUT2D eigenvalue weighted by Crippen LogP contribution is 2.34. The molecule has 0 saturated heterocycles. The van der Waals surface area contributed by atoms with Gasteiger partial charge in [-0.25, -0.2) is 0 Å². The predicted octanol–water partition coefficient (Wildman–Crippen LogP) is 6.12. The molecule has 0 aliphatic rings. The van der Waals surface area contributed by atoms with Crippen LogP contribution in [0.4, 0.5) is 11.4 Å². The standard InChI is InChI=1S/C22H19Cl2N3O3S/c1-2-4-19(28)25-13-7-9-14(10-8-13)26-22(31)27-21(29)18-12-11-17(30-18)15-5-3-6-16(23)20(15)24/h3,5-12H,2,4H2,1H3,(H,25,28)(H2,26,27,29,31). The van der Waals surface area contributed by atoms with Gasteiger partial charge < -0.3 is 15.1 Å². The molecule has 3 aromatic rings. The van der Waals surface area contributed by atoms with Crippen molar-refractivity contribution in [2.24, 2.45) is 0 Å². The summed E-state index contributed by atoms with van der Waals surface area (Å²) in [6.07, 6.45) is 1.25. The molecule has 0 aliphatic carbocycles. The fraction of sp³-hybridized carbons (Fsp3) is 0.136. The van der Waals surface area contributed by atoms with Crippen LogP contribution in [0.1, 0.15) is 30.3 Å². The minimum atomic E-state index is -0.509. The average molecular weight is 476 g/mol. The molecule has 3 N–H and O–H groups in total. The highest BCUT2D eigenvalue weighted by Gasteiger charge is 2.16. The highest BCUT2D eigenvalue weighted by atomic mass is 35.5. The maximum atomic E-state index is 12.4. The summed E-state index contributed by atoms with van der Waals surface area (Å²) >= 11 is 17.4. The zero-order valence-electron chi connectivity index (χ0n) is 16.5. The first-order valence-corrected chi connectivity index (χ1v) is 10.6. The topological polar surface area (TPSA) is 83.4 Å². The number of thiocarbonyl (C=S) groups is 1. The van der Waals surface area contributed by atoms with Crippen LogP contribution in [0.25, 0.3) is 11.3 Å². The molecule has 0 fully saturated rings. The molecule has 0 bridgehead atoms. The van der Waals surface area contributed by atoms with E-state index in [1.54, 1.807) is 48.5 Å². The van der Waals surface area contributed by atoms with E-state index < -0.39 is 5.91 Å². The van der Waals surface area contributed by atoms with E-state index in [1.807, 2.05) is 6.92 Å². The Morgan fingerprint density at radius 2 is 1.65 bits per heavy atom. The summed E-state index contributed by atoms with van der Waals surface area (Å²) < 4.78 is 5.61. The fourth-order valence-electron chi connectivity index (χ4n) is 2.71. The van der Waals surface area contributed by atoms with Gasteiger partial charge in [-0.05, 0) is 67.2 Å². The van der Waals surface area contributed by atoms with Gasteiger partial charge in [-0.1, -0.05) is 36.2 Å². The smallest absolute Gasteiger partial charge is 0.293 e. The molecule has 1 heterocycles. The summed E-state index contributed by atoms with van der Waals surface area (Å²) in [5.41, 5.74) is 1.92. The van der Waals surface area contributed by atoms with E-state index in [0.717, 1.165) is 6.42 Å². The van der Waals surface area contributed by atoms with Crippen LogP contribution in [0.5, 0.6) is 0 Å². The molecule has 6 nitrogen and oxygen atoms in total. The summed E-state index contributed by atoms with van der Waals surface area (Å²) in [7, 11) is 0. The molecule has 0 saturated carbocycles. The predicted molar refractivity (Wildman–Crippen MR) is 128 cm³/mol. The second-order valence-electron chi connectivity index (χ2n) is 6.55. The van der Waals surface area contributed by atoms with Crippen molar-refractivity contribution in [2.45, 2.75) is 19.8 Å². The summed E-state index contributed by atoms with van der Waals surface area (Å²) in [5, 5.41) is 9.11. The van der Waals surface area contributed by atoms with Crippen LogP contribution in [0, 0.1) is 0 Å². The molecular formula is C22H19Cl2N3O3S. The third-order valence-electron chi connectivity index (χ3n) is 4.18. The second-order valence-corrected chi connectivity index (χ2v) is 7.74. The first kappa shape index (κ1) is 22.8. The van der Waals surface area contributed by atoms with Crippen LogP contribution in [-0.4, -0.2) is 16.9 Å². The van der Waals surface area contributed by atoms with Gasteiger partial charge in [0.15, 0.2) is 10.9 Å². The van der Waals surface area contributed by atoms with Gasteiger partial charge in [0.1, 0.15) is 5.76 Å². The van der Waals surface area contributed by atoms with E-state index in [4.69, 9.17) is 39.8 Å². The molecule has 160 valence electrons. The summed E-state index contributed by atoms with van der Waals surface area (Å²) in [4.78, 5) is 24.1. The number of carbonyl (C=O) groups excluding carboxylic acids is 2. The van der Waals surface area contributed by atoms with Gasteiger partial charge in [-0.3, -0.25) is 14.9 Å². The number of amides is 2. The SMILES string of the molecule is CCCC(=O)Nc1ccc(NC(=S)NC(=O)c2ccc(-c3cccc(Cl)c3Cl)o2)cc1. The Balaban J connectivity index is 1.59. The Kier molecular flexibility index (Phi) is 7.68. The van der Waals surface area contributed by atoms with E-state index in [-0.39, 0.29) is 16.8 Å². The monoisotopic (exact) mass is 475 g/mol. The van der Waals surface area contributed by atoms with Crippen LogP contribution >= 0.6 is 35.4 Å². The van der Waals surface area contributed by atoms with Gasteiger partial charge in [0, 0.05) is 23.4 Å². The van der Waals surface area contributed by atoms with Crippen molar-refractivity contribution in [3.63, 3.8) is 0 Å². The maximum absolute atomic E-state index is 12.4. The maximum Gasteiger partial charge on any atom is 0.293 e.